The highest BCUT2D eigenvalue weighted by Gasteiger charge is 2.39. The summed E-state index contributed by atoms with van der Waals surface area (Å²) in [4.78, 5) is 15.7. The van der Waals surface area contributed by atoms with E-state index in [-0.39, 0.29) is 24.0 Å². The number of unbranched alkanes of at least 4 members (excludes halogenated alkanes) is 1. The molecule has 2 aromatic rings. The molecule has 0 bridgehead atoms. The Morgan fingerprint density at radius 2 is 1.70 bits per heavy atom. The van der Waals surface area contributed by atoms with E-state index in [9.17, 15) is 4.79 Å². The Morgan fingerprint density at radius 1 is 1.03 bits per heavy atom. The van der Waals surface area contributed by atoms with E-state index in [1.807, 2.05) is 39.0 Å². The summed E-state index contributed by atoms with van der Waals surface area (Å²) in [5.41, 5.74) is 2.05. The first-order chi connectivity index (χ1) is 15.8. The quantitative estimate of drug-likeness (QED) is 0.303. The molecule has 0 spiro atoms. The second-order valence-electron chi connectivity index (χ2n) is 10.2. The first-order valence-electron chi connectivity index (χ1n) is 12.5. The zero-order chi connectivity index (χ0) is 23.7. The van der Waals surface area contributed by atoms with Crippen molar-refractivity contribution in [2.24, 2.45) is 5.92 Å². The highest BCUT2D eigenvalue weighted by atomic mass is 16.6. The van der Waals surface area contributed by atoms with Gasteiger partial charge in [-0.15, -0.1) is 0 Å². The van der Waals surface area contributed by atoms with Gasteiger partial charge in [0.25, 0.3) is 0 Å². The van der Waals surface area contributed by atoms with Gasteiger partial charge in [-0.05, 0) is 77.5 Å². The highest BCUT2D eigenvalue weighted by Crippen LogP contribution is 2.35. The first-order valence-corrected chi connectivity index (χ1v) is 12.5. The van der Waals surface area contributed by atoms with Gasteiger partial charge < -0.3 is 9.47 Å². The molecule has 0 radical (unpaired) electrons. The number of esters is 1. The van der Waals surface area contributed by atoms with Crippen molar-refractivity contribution in [3.63, 3.8) is 0 Å². The number of ether oxygens (including phenoxy) is 2. The van der Waals surface area contributed by atoms with Crippen LogP contribution >= 0.6 is 0 Å². The maximum absolute atomic E-state index is 13.1. The monoisotopic (exact) mass is 451 g/mol. The Labute approximate surface area is 200 Å². The Bertz CT molecular complexity index is 831. The van der Waals surface area contributed by atoms with Gasteiger partial charge in [-0.25, -0.2) is 0 Å². The Morgan fingerprint density at radius 3 is 2.36 bits per heavy atom. The minimum absolute atomic E-state index is 0.0437. The highest BCUT2D eigenvalue weighted by molar-refractivity contribution is 5.74. The second-order valence-corrected chi connectivity index (χ2v) is 10.2. The maximum atomic E-state index is 13.1. The van der Waals surface area contributed by atoms with Gasteiger partial charge in [0.15, 0.2) is 0 Å². The van der Waals surface area contributed by atoms with Crippen molar-refractivity contribution < 1.29 is 14.3 Å². The minimum Gasteiger partial charge on any atom is -0.460 e. The van der Waals surface area contributed by atoms with Crippen molar-refractivity contribution in [1.29, 1.82) is 0 Å². The van der Waals surface area contributed by atoms with Gasteiger partial charge in [0.05, 0.1) is 12.5 Å². The third-order valence-corrected chi connectivity index (χ3v) is 6.46. The molecule has 0 aliphatic carbocycles. The number of carbonyl (C=O) groups excluding carboxylic acids is 1. The Kier molecular flexibility index (Phi) is 9.52. The molecule has 4 heteroatoms. The van der Waals surface area contributed by atoms with Crippen LogP contribution in [0.5, 0.6) is 0 Å². The number of nitrogens with zero attached hydrogens (tertiary/aromatic N) is 1. The fourth-order valence-electron chi connectivity index (χ4n) is 4.83. The van der Waals surface area contributed by atoms with Crippen molar-refractivity contribution in [1.82, 2.24) is 4.90 Å². The van der Waals surface area contributed by atoms with Crippen molar-refractivity contribution in [2.75, 3.05) is 13.2 Å². The number of rotatable bonds is 10. The van der Waals surface area contributed by atoms with Gasteiger partial charge in [-0.2, -0.15) is 0 Å². The van der Waals surface area contributed by atoms with Crippen LogP contribution in [-0.2, 0) is 20.9 Å². The third kappa shape index (κ3) is 7.97. The summed E-state index contributed by atoms with van der Waals surface area (Å²) in [6, 6.07) is 21.4. The van der Waals surface area contributed by atoms with Crippen LogP contribution in [0.4, 0.5) is 0 Å². The molecule has 0 N–H and O–H groups in total. The van der Waals surface area contributed by atoms with Gasteiger partial charge in [0, 0.05) is 18.7 Å². The van der Waals surface area contributed by atoms with Crippen LogP contribution < -0.4 is 0 Å². The Hall–Kier alpha value is -2.17. The number of piperidine rings is 1. The summed E-state index contributed by atoms with van der Waals surface area (Å²) in [6.45, 7) is 10.5. The molecule has 4 nitrogen and oxygen atoms in total. The third-order valence-electron chi connectivity index (χ3n) is 6.46. The summed E-state index contributed by atoms with van der Waals surface area (Å²) in [7, 11) is 0. The van der Waals surface area contributed by atoms with Gasteiger partial charge >= 0.3 is 5.97 Å². The normalized spacial score (nSPS) is 20.4. The van der Waals surface area contributed by atoms with E-state index in [2.05, 4.69) is 54.3 Å². The van der Waals surface area contributed by atoms with E-state index in [4.69, 9.17) is 9.47 Å². The van der Waals surface area contributed by atoms with Crippen molar-refractivity contribution >= 4 is 5.97 Å². The van der Waals surface area contributed by atoms with Gasteiger partial charge in [-0.1, -0.05) is 60.7 Å². The topological polar surface area (TPSA) is 38.8 Å². The van der Waals surface area contributed by atoms with Crippen molar-refractivity contribution in [2.45, 2.75) is 84.1 Å². The lowest BCUT2D eigenvalue weighted by molar-refractivity contribution is -0.165. The molecule has 0 saturated carbocycles. The smallest absolute Gasteiger partial charge is 0.311 e. The van der Waals surface area contributed by atoms with E-state index in [1.54, 1.807) is 0 Å². The van der Waals surface area contributed by atoms with E-state index < -0.39 is 5.60 Å². The van der Waals surface area contributed by atoms with Crippen LogP contribution in [0.3, 0.4) is 0 Å². The zero-order valence-electron chi connectivity index (χ0n) is 20.8. The van der Waals surface area contributed by atoms with Crippen LogP contribution in [0.25, 0.3) is 0 Å². The van der Waals surface area contributed by atoms with Crippen LogP contribution in [0, 0.1) is 5.92 Å². The zero-order valence-corrected chi connectivity index (χ0v) is 20.8. The van der Waals surface area contributed by atoms with Gasteiger partial charge in [0.2, 0.25) is 0 Å². The largest absolute Gasteiger partial charge is 0.460 e. The molecule has 1 heterocycles. The van der Waals surface area contributed by atoms with E-state index in [0.29, 0.717) is 6.61 Å². The molecule has 0 aromatic heterocycles. The number of carbonyl (C=O) groups is 1. The molecule has 33 heavy (non-hydrogen) atoms. The average Bonchev–Trinajstić information content (AvgIpc) is 2.81. The van der Waals surface area contributed by atoms with E-state index in [0.717, 1.165) is 45.3 Å². The summed E-state index contributed by atoms with van der Waals surface area (Å²) < 4.78 is 11.7. The van der Waals surface area contributed by atoms with Crippen molar-refractivity contribution in [3.05, 3.63) is 71.8 Å². The molecule has 1 aliphatic rings. The van der Waals surface area contributed by atoms with Gasteiger partial charge in [0.1, 0.15) is 5.60 Å². The molecule has 180 valence electrons. The standard InChI is InChI=1S/C29H41NO3/c1-23(25-16-9-6-10-17-25)30-20-13-18-26(28(31)33-29(2,3)4)27(30)19-11-12-21-32-22-24-14-7-5-8-15-24/h5-10,14-17,23,26-27H,11-13,18-22H2,1-4H3/t23-,26+,27-/m1/s1. The fourth-order valence-corrected chi connectivity index (χ4v) is 4.83. The molecule has 0 unspecified atom stereocenters. The van der Waals surface area contributed by atoms with Crippen LogP contribution in [0.15, 0.2) is 60.7 Å². The van der Waals surface area contributed by atoms with E-state index >= 15 is 0 Å². The lowest BCUT2D eigenvalue weighted by Crippen LogP contribution is -2.50. The number of benzene rings is 2. The van der Waals surface area contributed by atoms with Crippen LogP contribution in [0.1, 0.15) is 77.0 Å². The fraction of sp³-hybridized carbons (Fsp3) is 0.552. The van der Waals surface area contributed by atoms with E-state index in [1.165, 1.54) is 11.1 Å². The predicted molar refractivity (Wildman–Crippen MR) is 134 cm³/mol. The predicted octanol–water partition coefficient (Wildman–Crippen LogP) is 6.56. The Balaban J connectivity index is 1.61. The lowest BCUT2D eigenvalue weighted by Gasteiger charge is -2.44. The van der Waals surface area contributed by atoms with Gasteiger partial charge in [-0.3, -0.25) is 9.69 Å². The molecule has 2 aromatic carbocycles. The van der Waals surface area contributed by atoms with Crippen molar-refractivity contribution in [3.8, 4) is 0 Å². The second kappa shape index (κ2) is 12.3. The number of hydrogen-bond donors (Lipinski definition) is 0. The summed E-state index contributed by atoms with van der Waals surface area (Å²) in [5.74, 6) is -0.118. The number of hydrogen-bond acceptors (Lipinski definition) is 4. The molecule has 1 saturated heterocycles. The van der Waals surface area contributed by atoms with Crippen LogP contribution in [-0.4, -0.2) is 35.7 Å². The molecule has 1 fully saturated rings. The summed E-state index contributed by atoms with van der Waals surface area (Å²) in [5, 5.41) is 0. The molecular weight excluding hydrogens is 410 g/mol. The molecule has 0 amide bonds. The lowest BCUT2D eigenvalue weighted by atomic mass is 9.84. The SMILES string of the molecule is C[C@H](c1ccccc1)N1CCC[C@H](C(=O)OC(C)(C)C)[C@H]1CCCCOCc1ccccc1. The molecule has 3 rings (SSSR count). The minimum atomic E-state index is -0.458. The molecule has 1 aliphatic heterocycles. The summed E-state index contributed by atoms with van der Waals surface area (Å²) in [6.07, 6.45) is 4.95. The average molecular weight is 452 g/mol. The molecule has 3 atom stereocenters. The van der Waals surface area contributed by atoms with Crippen LogP contribution in [0.2, 0.25) is 0 Å². The number of likely N-dealkylation sites (tertiary alicyclic amines) is 1. The molecular formula is C29H41NO3. The maximum Gasteiger partial charge on any atom is 0.311 e. The first kappa shape index (κ1) is 25.5. The summed E-state index contributed by atoms with van der Waals surface area (Å²) >= 11 is 0.